The van der Waals surface area contributed by atoms with E-state index in [4.69, 9.17) is 0 Å². The molecule has 0 fully saturated rings. The molecule has 4 rings (SSSR count). The first-order valence-electron chi connectivity index (χ1n) is 6.48. The van der Waals surface area contributed by atoms with E-state index < -0.39 is 0 Å². The Balaban J connectivity index is 2.54. The minimum atomic E-state index is -0.121. The van der Waals surface area contributed by atoms with Gasteiger partial charge in [-0.2, -0.15) is 0 Å². The van der Waals surface area contributed by atoms with Gasteiger partial charge in [-0.3, -0.25) is 18.4 Å². The minimum absolute atomic E-state index is 0.121. The van der Waals surface area contributed by atoms with E-state index in [0.29, 0.717) is 10.8 Å². The fraction of sp³-hybridized carbons (Fsp3) is 0.125. The van der Waals surface area contributed by atoms with Crippen molar-refractivity contribution in [3.05, 3.63) is 68.5 Å². The molecule has 0 radical (unpaired) electrons. The summed E-state index contributed by atoms with van der Waals surface area (Å²) in [4.78, 5) is 25.3. The van der Waals surface area contributed by atoms with E-state index in [0.717, 1.165) is 22.2 Å². The van der Waals surface area contributed by atoms with Crippen LogP contribution in [0.1, 0.15) is 11.1 Å². The number of rotatable bonds is 0. The van der Waals surface area contributed by atoms with Crippen molar-refractivity contribution in [3.8, 4) is 0 Å². The van der Waals surface area contributed by atoms with Gasteiger partial charge in [0, 0.05) is 12.4 Å². The SMILES string of the molecule is Cc1c2c(=O)n3cccc3c(C)c2c(=O)n2cccc12. The Hall–Kier alpha value is -2.62. The molecule has 20 heavy (non-hydrogen) atoms. The first-order chi connectivity index (χ1) is 9.61. The minimum Gasteiger partial charge on any atom is -0.283 e. The second-order valence-electron chi connectivity index (χ2n) is 5.14. The molecule has 4 heteroatoms. The second-order valence-corrected chi connectivity index (χ2v) is 5.14. The van der Waals surface area contributed by atoms with Gasteiger partial charge in [-0.15, -0.1) is 0 Å². The summed E-state index contributed by atoms with van der Waals surface area (Å²) in [5.74, 6) is 0. The summed E-state index contributed by atoms with van der Waals surface area (Å²) in [5, 5.41) is 1.06. The fourth-order valence-corrected chi connectivity index (χ4v) is 3.13. The van der Waals surface area contributed by atoms with Crippen LogP contribution in [0.4, 0.5) is 0 Å². The van der Waals surface area contributed by atoms with Crippen LogP contribution in [0.3, 0.4) is 0 Å². The highest BCUT2D eigenvalue weighted by Crippen LogP contribution is 2.22. The molecule has 0 saturated heterocycles. The Morgan fingerprint density at radius 2 is 1.15 bits per heavy atom. The average molecular weight is 264 g/mol. The molecule has 0 atom stereocenters. The van der Waals surface area contributed by atoms with E-state index in [1.54, 1.807) is 21.2 Å². The highest BCUT2D eigenvalue weighted by molar-refractivity contribution is 5.95. The Kier molecular flexibility index (Phi) is 1.95. The highest BCUT2D eigenvalue weighted by atomic mass is 16.1. The van der Waals surface area contributed by atoms with Crippen LogP contribution in [0.2, 0.25) is 0 Å². The molecule has 0 spiro atoms. The third kappa shape index (κ3) is 1.12. The summed E-state index contributed by atoms with van der Waals surface area (Å²) in [6.07, 6.45) is 3.49. The highest BCUT2D eigenvalue weighted by Gasteiger charge is 2.17. The van der Waals surface area contributed by atoms with Crippen LogP contribution in [0.25, 0.3) is 21.8 Å². The normalized spacial score (nSPS) is 11.9. The number of hydrogen-bond donors (Lipinski definition) is 0. The van der Waals surface area contributed by atoms with Crippen molar-refractivity contribution >= 4 is 21.8 Å². The van der Waals surface area contributed by atoms with Crippen LogP contribution >= 0.6 is 0 Å². The quantitative estimate of drug-likeness (QED) is 0.488. The molecule has 0 N–H and O–H groups in total. The summed E-state index contributed by atoms with van der Waals surface area (Å²) in [6.45, 7) is 3.79. The Labute approximate surface area is 113 Å². The zero-order valence-electron chi connectivity index (χ0n) is 11.2. The van der Waals surface area contributed by atoms with Crippen LogP contribution in [0.5, 0.6) is 0 Å². The molecule has 0 amide bonds. The van der Waals surface area contributed by atoms with Crippen molar-refractivity contribution in [2.24, 2.45) is 0 Å². The number of hydrogen-bond acceptors (Lipinski definition) is 2. The number of pyridine rings is 2. The van der Waals surface area contributed by atoms with Crippen LogP contribution in [0.15, 0.2) is 46.2 Å². The van der Waals surface area contributed by atoms with Gasteiger partial charge < -0.3 is 0 Å². The van der Waals surface area contributed by atoms with Crippen LogP contribution < -0.4 is 11.1 Å². The molecule has 4 heterocycles. The second kappa shape index (κ2) is 3.48. The molecule has 0 aromatic carbocycles. The predicted molar refractivity (Wildman–Crippen MR) is 79.1 cm³/mol. The van der Waals surface area contributed by atoms with Gasteiger partial charge in [0.25, 0.3) is 11.1 Å². The zero-order valence-corrected chi connectivity index (χ0v) is 11.2. The molecule has 0 saturated carbocycles. The van der Waals surface area contributed by atoms with Crippen molar-refractivity contribution in [3.63, 3.8) is 0 Å². The number of aryl methyl sites for hydroxylation is 2. The van der Waals surface area contributed by atoms with Gasteiger partial charge in [-0.1, -0.05) is 0 Å². The topological polar surface area (TPSA) is 43.0 Å². The summed E-state index contributed by atoms with van der Waals surface area (Å²) in [7, 11) is 0. The summed E-state index contributed by atoms with van der Waals surface area (Å²) >= 11 is 0. The molecule has 0 bridgehead atoms. The van der Waals surface area contributed by atoms with E-state index >= 15 is 0 Å². The van der Waals surface area contributed by atoms with Gasteiger partial charge in [-0.05, 0) is 49.2 Å². The van der Waals surface area contributed by atoms with E-state index in [1.165, 1.54) is 0 Å². The lowest BCUT2D eigenvalue weighted by Crippen LogP contribution is -2.22. The van der Waals surface area contributed by atoms with Crippen molar-refractivity contribution in [1.82, 2.24) is 8.80 Å². The fourth-order valence-electron chi connectivity index (χ4n) is 3.13. The standard InChI is InChI=1S/C16H12N2O2/c1-9-11-5-3-7-17(11)16(20)14-10(2)12-6-4-8-18(12)15(19)13(9)14/h3-8H,1-2H3. The van der Waals surface area contributed by atoms with E-state index in [-0.39, 0.29) is 11.1 Å². The van der Waals surface area contributed by atoms with Crippen molar-refractivity contribution < 1.29 is 0 Å². The molecular weight excluding hydrogens is 252 g/mol. The smallest absolute Gasteiger partial charge is 0.263 e. The van der Waals surface area contributed by atoms with Crippen molar-refractivity contribution in [2.45, 2.75) is 13.8 Å². The lowest BCUT2D eigenvalue weighted by molar-refractivity contribution is 1.10. The van der Waals surface area contributed by atoms with Crippen molar-refractivity contribution in [1.29, 1.82) is 0 Å². The van der Waals surface area contributed by atoms with Gasteiger partial charge >= 0.3 is 0 Å². The average Bonchev–Trinajstić information content (AvgIpc) is 3.08. The lowest BCUT2D eigenvalue weighted by Gasteiger charge is -2.09. The number of nitrogens with zero attached hydrogens (tertiary/aromatic N) is 2. The van der Waals surface area contributed by atoms with Gasteiger partial charge in [0.1, 0.15) is 0 Å². The predicted octanol–water partition coefficient (Wildman–Crippen LogP) is 2.12. The Morgan fingerprint density at radius 3 is 1.55 bits per heavy atom. The number of aromatic nitrogens is 2. The monoisotopic (exact) mass is 264 g/mol. The van der Waals surface area contributed by atoms with Gasteiger partial charge in [0.2, 0.25) is 0 Å². The van der Waals surface area contributed by atoms with E-state index in [1.807, 2.05) is 38.1 Å². The largest absolute Gasteiger partial charge is 0.283 e. The summed E-state index contributed by atoms with van der Waals surface area (Å²) < 4.78 is 3.23. The van der Waals surface area contributed by atoms with Gasteiger partial charge in [0.15, 0.2) is 0 Å². The first-order valence-corrected chi connectivity index (χ1v) is 6.48. The maximum atomic E-state index is 12.7. The first kappa shape index (κ1) is 11.2. The van der Waals surface area contributed by atoms with E-state index in [2.05, 4.69) is 0 Å². The molecule has 0 aliphatic carbocycles. The maximum absolute atomic E-state index is 12.7. The molecule has 0 aliphatic rings. The van der Waals surface area contributed by atoms with Crippen molar-refractivity contribution in [2.75, 3.05) is 0 Å². The molecule has 4 aromatic heterocycles. The van der Waals surface area contributed by atoms with Gasteiger partial charge in [-0.25, -0.2) is 0 Å². The maximum Gasteiger partial charge on any atom is 0.263 e. The Morgan fingerprint density at radius 1 is 0.750 bits per heavy atom. The number of fused-ring (bicyclic) bond motifs is 3. The molecule has 0 aliphatic heterocycles. The third-order valence-corrected chi connectivity index (χ3v) is 4.13. The van der Waals surface area contributed by atoms with Crippen LogP contribution in [0, 0.1) is 13.8 Å². The molecule has 98 valence electrons. The van der Waals surface area contributed by atoms with Crippen LogP contribution in [-0.2, 0) is 0 Å². The zero-order chi connectivity index (χ0) is 14.0. The summed E-state index contributed by atoms with van der Waals surface area (Å²) in [6, 6.07) is 7.39. The van der Waals surface area contributed by atoms with E-state index in [9.17, 15) is 9.59 Å². The molecule has 4 aromatic rings. The summed E-state index contributed by atoms with van der Waals surface area (Å²) in [5.41, 5.74) is 3.06. The molecule has 0 unspecified atom stereocenters. The molecular formula is C16H12N2O2. The Bertz CT molecular complexity index is 1010. The molecule has 4 nitrogen and oxygen atoms in total. The lowest BCUT2D eigenvalue weighted by atomic mass is 10.0. The van der Waals surface area contributed by atoms with Crippen LogP contribution in [-0.4, -0.2) is 8.80 Å². The third-order valence-electron chi connectivity index (χ3n) is 4.13. The van der Waals surface area contributed by atoms with Gasteiger partial charge in [0.05, 0.1) is 21.8 Å².